The van der Waals surface area contributed by atoms with E-state index in [2.05, 4.69) is 9.36 Å². The van der Waals surface area contributed by atoms with Gasteiger partial charge in [0.1, 0.15) is 0 Å². The van der Waals surface area contributed by atoms with Crippen molar-refractivity contribution in [3.63, 3.8) is 0 Å². The first-order chi connectivity index (χ1) is 7.36. The average Bonchev–Trinajstić information content (AvgIpc) is 2.94. The Morgan fingerprint density at radius 3 is 3.07 bits per heavy atom. The molecule has 1 aliphatic rings. The van der Waals surface area contributed by atoms with Crippen molar-refractivity contribution in [3.8, 4) is 0 Å². The first-order valence-corrected chi connectivity index (χ1v) is 5.96. The van der Waals surface area contributed by atoms with E-state index in [1.54, 1.807) is 16.8 Å². The van der Waals surface area contributed by atoms with Gasteiger partial charge in [0, 0.05) is 29.8 Å². The zero-order chi connectivity index (χ0) is 10.3. The van der Waals surface area contributed by atoms with Gasteiger partial charge in [-0.3, -0.25) is 9.20 Å². The quantitative estimate of drug-likeness (QED) is 0.730. The predicted molar refractivity (Wildman–Crippen MR) is 57.2 cm³/mol. The largest absolute Gasteiger partial charge is 0.290 e. The standard InChI is InChI=1S/C10H11N3OS/c14-8(7-3-1-2-4-7)9-12-15-10-11-5-6-13(9)10/h5-7H,1-4H2. The van der Waals surface area contributed by atoms with E-state index in [0.29, 0.717) is 5.82 Å². The molecule has 0 N–H and O–H groups in total. The summed E-state index contributed by atoms with van der Waals surface area (Å²) in [5, 5.41) is 0. The van der Waals surface area contributed by atoms with Crippen LogP contribution in [-0.4, -0.2) is 19.5 Å². The summed E-state index contributed by atoms with van der Waals surface area (Å²) >= 11 is 1.29. The number of imidazole rings is 1. The molecule has 1 saturated carbocycles. The number of carbonyl (C=O) groups is 1. The molecule has 0 unspecified atom stereocenters. The van der Waals surface area contributed by atoms with Crippen LogP contribution in [0.5, 0.6) is 0 Å². The summed E-state index contributed by atoms with van der Waals surface area (Å²) in [7, 11) is 0. The Labute approximate surface area is 91.1 Å². The molecule has 0 aromatic carbocycles. The van der Waals surface area contributed by atoms with Crippen molar-refractivity contribution in [3.05, 3.63) is 18.2 Å². The summed E-state index contributed by atoms with van der Waals surface area (Å²) in [6, 6.07) is 0. The van der Waals surface area contributed by atoms with Crippen LogP contribution in [0, 0.1) is 5.92 Å². The first-order valence-electron chi connectivity index (χ1n) is 5.19. The molecule has 2 aromatic heterocycles. The fraction of sp³-hybridized carbons (Fsp3) is 0.500. The van der Waals surface area contributed by atoms with Crippen LogP contribution in [0.3, 0.4) is 0 Å². The van der Waals surface area contributed by atoms with E-state index in [1.807, 2.05) is 0 Å². The average molecular weight is 221 g/mol. The van der Waals surface area contributed by atoms with Crippen molar-refractivity contribution in [2.75, 3.05) is 0 Å². The zero-order valence-corrected chi connectivity index (χ0v) is 9.04. The van der Waals surface area contributed by atoms with Gasteiger partial charge in [-0.25, -0.2) is 4.98 Å². The Bertz CT molecular complexity index is 495. The third kappa shape index (κ3) is 1.38. The number of carbonyl (C=O) groups excluding carboxylic acids is 1. The van der Waals surface area contributed by atoms with Gasteiger partial charge in [-0.2, -0.15) is 4.37 Å². The zero-order valence-electron chi connectivity index (χ0n) is 8.22. The summed E-state index contributed by atoms with van der Waals surface area (Å²) in [5.41, 5.74) is 0. The molecule has 2 aromatic rings. The molecule has 3 rings (SSSR count). The van der Waals surface area contributed by atoms with Crippen LogP contribution >= 0.6 is 11.5 Å². The third-order valence-electron chi connectivity index (χ3n) is 3.00. The van der Waals surface area contributed by atoms with E-state index < -0.39 is 0 Å². The van der Waals surface area contributed by atoms with Crippen LogP contribution in [-0.2, 0) is 0 Å². The van der Waals surface area contributed by atoms with E-state index in [-0.39, 0.29) is 11.7 Å². The summed E-state index contributed by atoms with van der Waals surface area (Å²) in [4.78, 5) is 17.0. The number of fused-ring (bicyclic) bond motifs is 1. The lowest BCUT2D eigenvalue weighted by Gasteiger charge is -2.04. The second-order valence-corrected chi connectivity index (χ2v) is 4.66. The van der Waals surface area contributed by atoms with Crippen LogP contribution in [0.4, 0.5) is 0 Å². The van der Waals surface area contributed by atoms with Crippen LogP contribution in [0.1, 0.15) is 36.3 Å². The number of ketones is 1. The number of hydrogen-bond donors (Lipinski definition) is 0. The van der Waals surface area contributed by atoms with Crippen molar-refractivity contribution in [1.29, 1.82) is 0 Å². The van der Waals surface area contributed by atoms with Gasteiger partial charge in [-0.05, 0) is 12.8 Å². The summed E-state index contributed by atoms with van der Waals surface area (Å²) in [5.74, 6) is 0.953. The highest BCUT2D eigenvalue weighted by atomic mass is 32.1. The molecule has 15 heavy (non-hydrogen) atoms. The monoisotopic (exact) mass is 221 g/mol. The minimum Gasteiger partial charge on any atom is -0.290 e. The van der Waals surface area contributed by atoms with Gasteiger partial charge >= 0.3 is 0 Å². The molecule has 0 saturated heterocycles. The SMILES string of the molecule is O=C(c1nsc2nccn12)C1CCCC1. The summed E-state index contributed by atoms with van der Waals surface area (Å²) in [6.45, 7) is 0. The highest BCUT2D eigenvalue weighted by Gasteiger charge is 2.27. The lowest BCUT2D eigenvalue weighted by Crippen LogP contribution is -2.14. The molecule has 1 fully saturated rings. The smallest absolute Gasteiger partial charge is 0.213 e. The van der Waals surface area contributed by atoms with Gasteiger partial charge < -0.3 is 0 Å². The van der Waals surface area contributed by atoms with E-state index in [1.165, 1.54) is 24.4 Å². The van der Waals surface area contributed by atoms with E-state index in [4.69, 9.17) is 0 Å². The van der Waals surface area contributed by atoms with Gasteiger partial charge in [0.2, 0.25) is 10.7 Å². The maximum atomic E-state index is 12.1. The molecule has 2 heterocycles. The van der Waals surface area contributed by atoms with Crippen LogP contribution < -0.4 is 0 Å². The fourth-order valence-corrected chi connectivity index (χ4v) is 2.87. The van der Waals surface area contributed by atoms with Crippen molar-refractivity contribution in [1.82, 2.24) is 13.8 Å². The minimum absolute atomic E-state index is 0.191. The molecular formula is C10H11N3OS. The normalized spacial score (nSPS) is 17.6. The molecule has 0 bridgehead atoms. The van der Waals surface area contributed by atoms with Crippen molar-refractivity contribution < 1.29 is 4.79 Å². The van der Waals surface area contributed by atoms with E-state index >= 15 is 0 Å². The summed E-state index contributed by atoms with van der Waals surface area (Å²) < 4.78 is 5.99. The molecule has 0 spiro atoms. The Hall–Kier alpha value is -1.23. The second kappa shape index (κ2) is 3.41. The van der Waals surface area contributed by atoms with Crippen LogP contribution in [0.15, 0.2) is 12.4 Å². The van der Waals surface area contributed by atoms with Gasteiger partial charge in [0.25, 0.3) is 0 Å². The lowest BCUT2D eigenvalue weighted by atomic mass is 10.0. The Kier molecular flexibility index (Phi) is 2.05. The topological polar surface area (TPSA) is 47.3 Å². The maximum absolute atomic E-state index is 12.1. The molecule has 1 aliphatic carbocycles. The van der Waals surface area contributed by atoms with Crippen LogP contribution in [0.2, 0.25) is 0 Å². The number of hydrogen-bond acceptors (Lipinski definition) is 4. The highest BCUT2D eigenvalue weighted by molar-refractivity contribution is 7.11. The van der Waals surface area contributed by atoms with Crippen LogP contribution in [0.25, 0.3) is 4.96 Å². The number of Topliss-reactive ketones (excluding diaryl/α,β-unsaturated/α-hetero) is 1. The number of aromatic nitrogens is 3. The molecule has 78 valence electrons. The Morgan fingerprint density at radius 2 is 2.27 bits per heavy atom. The minimum atomic E-state index is 0.191. The molecule has 0 amide bonds. The number of rotatable bonds is 2. The molecular weight excluding hydrogens is 210 g/mol. The molecule has 0 radical (unpaired) electrons. The van der Waals surface area contributed by atoms with Gasteiger partial charge in [0.05, 0.1) is 0 Å². The molecule has 0 atom stereocenters. The molecule has 0 aliphatic heterocycles. The Balaban J connectivity index is 1.99. The second-order valence-electron chi connectivity index (χ2n) is 3.93. The molecule has 4 nitrogen and oxygen atoms in total. The fourth-order valence-electron chi connectivity index (χ4n) is 2.18. The summed E-state index contributed by atoms with van der Waals surface area (Å²) in [6.07, 6.45) is 7.90. The molecule has 5 heteroatoms. The predicted octanol–water partition coefficient (Wildman–Crippen LogP) is 2.16. The lowest BCUT2D eigenvalue weighted by molar-refractivity contribution is 0.0912. The van der Waals surface area contributed by atoms with Gasteiger partial charge in [-0.15, -0.1) is 0 Å². The Morgan fingerprint density at radius 1 is 1.47 bits per heavy atom. The number of nitrogens with zero attached hydrogens (tertiary/aromatic N) is 3. The first kappa shape index (κ1) is 9.03. The van der Waals surface area contributed by atoms with Gasteiger partial charge in [-0.1, -0.05) is 12.8 Å². The van der Waals surface area contributed by atoms with E-state index in [9.17, 15) is 4.79 Å². The highest BCUT2D eigenvalue weighted by Crippen LogP contribution is 2.28. The third-order valence-corrected chi connectivity index (χ3v) is 3.72. The maximum Gasteiger partial charge on any atom is 0.213 e. The van der Waals surface area contributed by atoms with Crippen molar-refractivity contribution >= 4 is 22.3 Å². The van der Waals surface area contributed by atoms with E-state index in [0.717, 1.165) is 17.8 Å². The van der Waals surface area contributed by atoms with Crippen molar-refractivity contribution in [2.45, 2.75) is 25.7 Å². The van der Waals surface area contributed by atoms with Gasteiger partial charge in [0.15, 0.2) is 5.82 Å². The van der Waals surface area contributed by atoms with Crippen molar-refractivity contribution in [2.24, 2.45) is 5.92 Å².